The number of hydrogen-bond acceptors (Lipinski definition) is 3. The zero-order chi connectivity index (χ0) is 20.2. The number of carbonyl (C=O) groups excluding carboxylic acids is 2. The van der Waals surface area contributed by atoms with Crippen molar-refractivity contribution in [1.29, 1.82) is 0 Å². The van der Waals surface area contributed by atoms with E-state index in [1.165, 1.54) is 5.56 Å². The molecule has 1 aromatic heterocycles. The van der Waals surface area contributed by atoms with Crippen molar-refractivity contribution in [3.8, 4) is 0 Å². The summed E-state index contributed by atoms with van der Waals surface area (Å²) in [6.45, 7) is 2.42. The summed E-state index contributed by atoms with van der Waals surface area (Å²) >= 11 is 0. The largest absolute Gasteiger partial charge is 0.326 e. The molecule has 5 heteroatoms. The lowest BCUT2D eigenvalue weighted by molar-refractivity contribution is -0.122. The summed E-state index contributed by atoms with van der Waals surface area (Å²) in [6, 6.07) is 19.6. The molecule has 1 saturated heterocycles. The van der Waals surface area contributed by atoms with Crippen LogP contribution in [-0.2, 0) is 16.0 Å². The first-order chi connectivity index (χ1) is 14.1. The molecule has 1 fully saturated rings. The van der Waals surface area contributed by atoms with E-state index in [0.29, 0.717) is 6.54 Å². The Hall–Kier alpha value is -3.47. The van der Waals surface area contributed by atoms with E-state index in [2.05, 4.69) is 10.3 Å². The number of rotatable bonds is 5. The molecule has 3 aromatic rings. The molecule has 1 aliphatic heterocycles. The maximum absolute atomic E-state index is 12.7. The van der Waals surface area contributed by atoms with Crippen LogP contribution in [0.5, 0.6) is 0 Å². The lowest BCUT2D eigenvalue weighted by Gasteiger charge is -2.17. The Kier molecular flexibility index (Phi) is 5.38. The predicted octanol–water partition coefficient (Wildman–Crippen LogP) is 3.97. The summed E-state index contributed by atoms with van der Waals surface area (Å²) in [5.74, 6) is -0.475. The molecule has 0 unspecified atom stereocenters. The maximum atomic E-state index is 12.7. The second-order valence-corrected chi connectivity index (χ2v) is 7.46. The summed E-state index contributed by atoms with van der Waals surface area (Å²) in [5.41, 5.74) is 5.08. The number of aryl methyl sites for hydroxylation is 1. The summed E-state index contributed by atoms with van der Waals surface area (Å²) in [6.07, 6.45) is 4.62. The molecule has 0 aliphatic carbocycles. The van der Waals surface area contributed by atoms with Gasteiger partial charge in [0.05, 0.1) is 5.92 Å². The minimum Gasteiger partial charge on any atom is -0.326 e. The molecular weight excluding hydrogens is 362 g/mol. The molecule has 5 nitrogen and oxygen atoms in total. The van der Waals surface area contributed by atoms with Crippen molar-refractivity contribution in [3.05, 3.63) is 89.7 Å². The van der Waals surface area contributed by atoms with Gasteiger partial charge in [0, 0.05) is 36.7 Å². The van der Waals surface area contributed by atoms with Crippen LogP contribution in [0.1, 0.15) is 23.1 Å². The molecule has 2 amide bonds. The van der Waals surface area contributed by atoms with E-state index >= 15 is 0 Å². The van der Waals surface area contributed by atoms with Crippen molar-refractivity contribution >= 4 is 23.2 Å². The summed E-state index contributed by atoms with van der Waals surface area (Å²) in [7, 11) is 0. The highest BCUT2D eigenvalue weighted by atomic mass is 16.2. The molecule has 0 radical (unpaired) electrons. The Morgan fingerprint density at radius 2 is 1.66 bits per heavy atom. The van der Waals surface area contributed by atoms with E-state index in [1.807, 2.05) is 67.6 Å². The van der Waals surface area contributed by atoms with Crippen LogP contribution >= 0.6 is 0 Å². The van der Waals surface area contributed by atoms with Crippen molar-refractivity contribution in [3.63, 3.8) is 0 Å². The molecule has 0 bridgehead atoms. The second kappa shape index (κ2) is 8.27. The third-order valence-electron chi connectivity index (χ3n) is 5.22. The van der Waals surface area contributed by atoms with Gasteiger partial charge in [0.1, 0.15) is 0 Å². The Balaban J connectivity index is 1.37. The fourth-order valence-corrected chi connectivity index (χ4v) is 3.54. The average molecular weight is 385 g/mol. The Morgan fingerprint density at radius 3 is 2.34 bits per heavy atom. The van der Waals surface area contributed by atoms with Gasteiger partial charge in [-0.25, -0.2) is 0 Å². The molecule has 2 heterocycles. The number of anilines is 2. The fraction of sp³-hybridized carbons (Fsp3) is 0.208. The van der Waals surface area contributed by atoms with Gasteiger partial charge in [-0.2, -0.15) is 0 Å². The van der Waals surface area contributed by atoms with E-state index in [4.69, 9.17) is 0 Å². The predicted molar refractivity (Wildman–Crippen MR) is 114 cm³/mol. The van der Waals surface area contributed by atoms with Crippen LogP contribution in [0.25, 0.3) is 0 Å². The van der Waals surface area contributed by atoms with Crippen molar-refractivity contribution in [2.24, 2.45) is 5.92 Å². The molecule has 0 saturated carbocycles. The van der Waals surface area contributed by atoms with Crippen LogP contribution in [0.3, 0.4) is 0 Å². The lowest BCUT2D eigenvalue weighted by Crippen LogP contribution is -2.28. The van der Waals surface area contributed by atoms with Gasteiger partial charge in [-0.15, -0.1) is 0 Å². The number of nitrogens with zero attached hydrogens (tertiary/aromatic N) is 2. The summed E-state index contributed by atoms with van der Waals surface area (Å²) < 4.78 is 0. The van der Waals surface area contributed by atoms with Crippen LogP contribution < -0.4 is 10.2 Å². The normalized spacial score (nSPS) is 16.1. The van der Waals surface area contributed by atoms with Crippen molar-refractivity contribution < 1.29 is 9.59 Å². The smallest absolute Gasteiger partial charge is 0.229 e. The molecule has 1 atom stereocenters. The first kappa shape index (κ1) is 18.9. The molecule has 1 aliphatic rings. The van der Waals surface area contributed by atoms with Gasteiger partial charge in [0.15, 0.2) is 0 Å². The standard InChI is InChI=1S/C24H23N3O2/c1-17-2-8-22(9-3-17)27-16-20(15-23(27)28)24(29)26-21-6-4-18(5-7-21)14-19-10-12-25-13-11-19/h2-13,20H,14-16H2,1H3,(H,26,29)/t20-/m1/s1. The number of nitrogens with one attached hydrogen (secondary N) is 1. The topological polar surface area (TPSA) is 62.3 Å². The average Bonchev–Trinajstić information content (AvgIpc) is 3.13. The van der Waals surface area contributed by atoms with Gasteiger partial charge in [-0.1, -0.05) is 29.8 Å². The van der Waals surface area contributed by atoms with Crippen LogP contribution in [0.15, 0.2) is 73.1 Å². The first-order valence-electron chi connectivity index (χ1n) is 9.74. The highest BCUT2D eigenvalue weighted by Crippen LogP contribution is 2.26. The molecule has 29 heavy (non-hydrogen) atoms. The Bertz CT molecular complexity index is 999. The second-order valence-electron chi connectivity index (χ2n) is 7.46. The zero-order valence-corrected chi connectivity index (χ0v) is 16.3. The van der Waals surface area contributed by atoms with Gasteiger partial charge in [0.25, 0.3) is 0 Å². The van der Waals surface area contributed by atoms with Gasteiger partial charge < -0.3 is 10.2 Å². The molecule has 2 aromatic carbocycles. The minimum absolute atomic E-state index is 0.0123. The van der Waals surface area contributed by atoms with E-state index in [9.17, 15) is 9.59 Å². The van der Waals surface area contributed by atoms with Crippen molar-refractivity contribution in [2.45, 2.75) is 19.8 Å². The number of carbonyl (C=O) groups is 2. The van der Waals surface area contributed by atoms with Crippen molar-refractivity contribution in [2.75, 3.05) is 16.8 Å². The Morgan fingerprint density at radius 1 is 1.00 bits per heavy atom. The highest BCUT2D eigenvalue weighted by molar-refractivity contribution is 6.03. The minimum atomic E-state index is -0.347. The first-order valence-corrected chi connectivity index (χ1v) is 9.74. The number of pyridine rings is 1. The lowest BCUT2D eigenvalue weighted by atomic mass is 10.1. The molecule has 0 spiro atoms. The fourth-order valence-electron chi connectivity index (χ4n) is 3.54. The third-order valence-corrected chi connectivity index (χ3v) is 5.22. The maximum Gasteiger partial charge on any atom is 0.229 e. The monoisotopic (exact) mass is 385 g/mol. The van der Waals surface area contributed by atoms with Crippen molar-refractivity contribution in [1.82, 2.24) is 4.98 Å². The molecule has 4 rings (SSSR count). The van der Waals surface area contributed by atoms with Crippen LogP contribution in [-0.4, -0.2) is 23.3 Å². The van der Waals surface area contributed by atoms with Crippen LogP contribution in [0.2, 0.25) is 0 Å². The molecular formula is C24H23N3O2. The number of hydrogen-bond donors (Lipinski definition) is 1. The van der Waals surface area contributed by atoms with Crippen LogP contribution in [0, 0.1) is 12.8 Å². The molecule has 1 N–H and O–H groups in total. The van der Waals surface area contributed by atoms with E-state index in [0.717, 1.165) is 28.9 Å². The van der Waals surface area contributed by atoms with Gasteiger partial charge >= 0.3 is 0 Å². The number of benzene rings is 2. The SMILES string of the molecule is Cc1ccc(N2C[C@H](C(=O)Nc3ccc(Cc4ccncc4)cc3)CC2=O)cc1. The summed E-state index contributed by atoms with van der Waals surface area (Å²) in [4.78, 5) is 30.8. The quantitative estimate of drug-likeness (QED) is 0.723. The molecule has 146 valence electrons. The van der Waals surface area contributed by atoms with E-state index in [1.54, 1.807) is 17.3 Å². The zero-order valence-electron chi connectivity index (χ0n) is 16.3. The number of aromatic nitrogens is 1. The van der Waals surface area contributed by atoms with Gasteiger partial charge in [0.2, 0.25) is 11.8 Å². The van der Waals surface area contributed by atoms with E-state index in [-0.39, 0.29) is 24.2 Å². The number of amides is 2. The Labute approximate surface area is 170 Å². The highest BCUT2D eigenvalue weighted by Gasteiger charge is 2.35. The van der Waals surface area contributed by atoms with Gasteiger partial charge in [-0.05, 0) is 60.9 Å². The van der Waals surface area contributed by atoms with Gasteiger partial charge in [-0.3, -0.25) is 14.6 Å². The third kappa shape index (κ3) is 4.51. The summed E-state index contributed by atoms with van der Waals surface area (Å²) in [5, 5.41) is 2.95. The van der Waals surface area contributed by atoms with Crippen LogP contribution in [0.4, 0.5) is 11.4 Å². The van der Waals surface area contributed by atoms with E-state index < -0.39 is 0 Å².